The van der Waals surface area contributed by atoms with E-state index in [9.17, 15) is 4.79 Å². The SMILES string of the molecule is COc1cc(OC)c2cc(C(=O)NCCCCN3CCC(C)CC3)[nH]c2c1OC. The number of unbranched alkanes of at least 4 members (excludes halogenated alkanes) is 1. The molecule has 1 aromatic heterocycles. The number of nitrogens with one attached hydrogen (secondary N) is 2. The van der Waals surface area contributed by atoms with E-state index in [1.54, 1.807) is 33.5 Å². The first-order valence-electron chi connectivity index (χ1n) is 10.4. The van der Waals surface area contributed by atoms with Crippen LogP contribution in [0.5, 0.6) is 17.2 Å². The van der Waals surface area contributed by atoms with Gasteiger partial charge in [0.25, 0.3) is 5.91 Å². The lowest BCUT2D eigenvalue weighted by molar-refractivity contribution is 0.0948. The highest BCUT2D eigenvalue weighted by atomic mass is 16.5. The summed E-state index contributed by atoms with van der Waals surface area (Å²) in [4.78, 5) is 18.3. The Balaban J connectivity index is 1.56. The molecule has 2 heterocycles. The number of fused-ring (bicyclic) bond motifs is 1. The fraction of sp³-hybridized carbons (Fsp3) is 0.591. The molecule has 0 bridgehead atoms. The minimum absolute atomic E-state index is 0.129. The number of amides is 1. The van der Waals surface area contributed by atoms with Gasteiger partial charge in [0.05, 0.1) is 26.8 Å². The van der Waals surface area contributed by atoms with Gasteiger partial charge in [-0.1, -0.05) is 6.92 Å². The van der Waals surface area contributed by atoms with Gasteiger partial charge < -0.3 is 29.4 Å². The lowest BCUT2D eigenvalue weighted by atomic mass is 9.99. The third-order valence-corrected chi connectivity index (χ3v) is 5.75. The van der Waals surface area contributed by atoms with Crippen molar-refractivity contribution in [3.05, 3.63) is 17.8 Å². The van der Waals surface area contributed by atoms with Crippen LogP contribution < -0.4 is 19.5 Å². The van der Waals surface area contributed by atoms with Gasteiger partial charge in [0.15, 0.2) is 11.5 Å². The summed E-state index contributed by atoms with van der Waals surface area (Å²) >= 11 is 0. The number of piperidine rings is 1. The number of aromatic amines is 1. The molecule has 2 N–H and O–H groups in total. The van der Waals surface area contributed by atoms with Gasteiger partial charge in [-0.25, -0.2) is 0 Å². The zero-order valence-corrected chi connectivity index (χ0v) is 18.0. The van der Waals surface area contributed by atoms with E-state index in [-0.39, 0.29) is 5.91 Å². The molecule has 7 heteroatoms. The van der Waals surface area contributed by atoms with E-state index in [4.69, 9.17) is 14.2 Å². The molecule has 1 saturated heterocycles. The van der Waals surface area contributed by atoms with E-state index in [1.807, 2.05) is 0 Å². The molecule has 0 spiro atoms. The quantitative estimate of drug-likeness (QED) is 0.628. The standard InChI is InChI=1S/C22H33N3O4/c1-15-7-11-25(12-8-15)10-6-5-9-23-22(26)17-13-16-18(27-2)14-19(28-3)21(29-4)20(16)24-17/h13-15,24H,5-12H2,1-4H3,(H,23,26). The Morgan fingerprint density at radius 2 is 1.83 bits per heavy atom. The molecule has 29 heavy (non-hydrogen) atoms. The molecule has 1 amide bonds. The number of methoxy groups -OCH3 is 3. The molecule has 0 unspecified atom stereocenters. The number of nitrogens with zero attached hydrogens (tertiary/aromatic N) is 1. The maximum atomic E-state index is 12.6. The molecular formula is C22H33N3O4. The van der Waals surface area contributed by atoms with Crippen molar-refractivity contribution in [2.45, 2.75) is 32.6 Å². The predicted molar refractivity (Wildman–Crippen MR) is 114 cm³/mol. The van der Waals surface area contributed by atoms with Crippen molar-refractivity contribution >= 4 is 16.8 Å². The molecule has 3 rings (SSSR count). The molecular weight excluding hydrogens is 370 g/mol. The average Bonchev–Trinajstić information content (AvgIpc) is 3.18. The monoisotopic (exact) mass is 403 g/mol. The summed E-state index contributed by atoms with van der Waals surface area (Å²) in [5, 5.41) is 3.79. The van der Waals surface area contributed by atoms with Crippen molar-refractivity contribution in [2.24, 2.45) is 5.92 Å². The van der Waals surface area contributed by atoms with E-state index in [0.717, 1.165) is 30.7 Å². The number of carbonyl (C=O) groups is 1. The topological polar surface area (TPSA) is 75.8 Å². The molecule has 1 aliphatic rings. The fourth-order valence-electron chi connectivity index (χ4n) is 3.90. The van der Waals surface area contributed by atoms with Crippen LogP contribution in [0.3, 0.4) is 0 Å². The van der Waals surface area contributed by atoms with Crippen molar-refractivity contribution in [1.82, 2.24) is 15.2 Å². The second kappa shape index (κ2) is 9.87. The third-order valence-electron chi connectivity index (χ3n) is 5.75. The molecule has 2 aromatic rings. The van der Waals surface area contributed by atoms with Crippen molar-refractivity contribution in [3.63, 3.8) is 0 Å². The lowest BCUT2D eigenvalue weighted by Crippen LogP contribution is -2.34. The van der Waals surface area contributed by atoms with Crippen LogP contribution >= 0.6 is 0 Å². The number of hydrogen-bond donors (Lipinski definition) is 2. The highest BCUT2D eigenvalue weighted by Gasteiger charge is 2.19. The number of aromatic nitrogens is 1. The highest BCUT2D eigenvalue weighted by Crippen LogP contribution is 2.41. The van der Waals surface area contributed by atoms with Crippen LogP contribution in [0.2, 0.25) is 0 Å². The fourth-order valence-corrected chi connectivity index (χ4v) is 3.90. The third kappa shape index (κ3) is 4.96. The zero-order valence-electron chi connectivity index (χ0n) is 18.0. The van der Waals surface area contributed by atoms with Crippen LogP contribution in [0.1, 0.15) is 43.1 Å². The second-order valence-corrected chi connectivity index (χ2v) is 7.77. The molecule has 0 saturated carbocycles. The highest BCUT2D eigenvalue weighted by molar-refractivity contribution is 6.02. The zero-order chi connectivity index (χ0) is 20.8. The molecule has 0 atom stereocenters. The van der Waals surface area contributed by atoms with Crippen molar-refractivity contribution in [1.29, 1.82) is 0 Å². The second-order valence-electron chi connectivity index (χ2n) is 7.77. The Bertz CT molecular complexity index is 825. The summed E-state index contributed by atoms with van der Waals surface area (Å²) in [5.41, 5.74) is 1.17. The Kier molecular flexibility index (Phi) is 7.25. The number of carbonyl (C=O) groups excluding carboxylic acids is 1. The van der Waals surface area contributed by atoms with Crippen LogP contribution in [-0.4, -0.2) is 63.3 Å². The van der Waals surface area contributed by atoms with Crippen LogP contribution in [0.15, 0.2) is 12.1 Å². The van der Waals surface area contributed by atoms with Crippen LogP contribution in [0, 0.1) is 5.92 Å². The van der Waals surface area contributed by atoms with E-state index >= 15 is 0 Å². The first kappa shape index (κ1) is 21.3. The van der Waals surface area contributed by atoms with Gasteiger partial charge in [-0.05, 0) is 57.3 Å². The van der Waals surface area contributed by atoms with E-state index in [1.165, 1.54) is 25.9 Å². The van der Waals surface area contributed by atoms with Gasteiger partial charge in [-0.15, -0.1) is 0 Å². The summed E-state index contributed by atoms with van der Waals surface area (Å²) in [6, 6.07) is 3.55. The first-order chi connectivity index (χ1) is 14.1. The van der Waals surface area contributed by atoms with Gasteiger partial charge in [0.2, 0.25) is 0 Å². The van der Waals surface area contributed by atoms with Crippen molar-refractivity contribution < 1.29 is 19.0 Å². The number of rotatable bonds is 9. The van der Waals surface area contributed by atoms with Crippen molar-refractivity contribution in [3.8, 4) is 17.2 Å². The van der Waals surface area contributed by atoms with Gasteiger partial charge in [0, 0.05) is 18.0 Å². The van der Waals surface area contributed by atoms with Gasteiger partial charge in [-0.2, -0.15) is 0 Å². The normalized spacial score (nSPS) is 15.4. The largest absolute Gasteiger partial charge is 0.496 e. The number of ether oxygens (including phenoxy) is 3. The number of hydrogen-bond acceptors (Lipinski definition) is 5. The van der Waals surface area contributed by atoms with Crippen LogP contribution in [0.25, 0.3) is 10.9 Å². The summed E-state index contributed by atoms with van der Waals surface area (Å²) in [6.07, 6.45) is 4.67. The van der Waals surface area contributed by atoms with Gasteiger partial charge in [0.1, 0.15) is 11.4 Å². The molecule has 1 fully saturated rings. The Hall–Kier alpha value is -2.41. The Labute approximate surface area is 172 Å². The van der Waals surface area contributed by atoms with E-state index in [0.29, 0.717) is 35.0 Å². The molecule has 160 valence electrons. The van der Waals surface area contributed by atoms with Crippen LogP contribution in [0.4, 0.5) is 0 Å². The van der Waals surface area contributed by atoms with Gasteiger partial charge >= 0.3 is 0 Å². The first-order valence-corrected chi connectivity index (χ1v) is 10.4. The minimum atomic E-state index is -0.129. The summed E-state index contributed by atoms with van der Waals surface area (Å²) in [7, 11) is 4.74. The summed E-state index contributed by atoms with van der Waals surface area (Å²) in [6.45, 7) is 6.52. The maximum absolute atomic E-state index is 12.6. The van der Waals surface area contributed by atoms with Crippen molar-refractivity contribution in [2.75, 3.05) is 47.5 Å². The molecule has 1 aliphatic heterocycles. The summed E-state index contributed by atoms with van der Waals surface area (Å²) in [5.74, 6) is 2.47. The Morgan fingerprint density at radius 3 is 2.48 bits per heavy atom. The number of H-pyrrole nitrogens is 1. The lowest BCUT2D eigenvalue weighted by Gasteiger charge is -2.30. The number of likely N-dealkylation sites (tertiary alicyclic amines) is 1. The molecule has 7 nitrogen and oxygen atoms in total. The smallest absolute Gasteiger partial charge is 0.267 e. The number of benzene rings is 1. The van der Waals surface area contributed by atoms with E-state index in [2.05, 4.69) is 22.1 Å². The summed E-state index contributed by atoms with van der Waals surface area (Å²) < 4.78 is 16.3. The van der Waals surface area contributed by atoms with Gasteiger partial charge in [-0.3, -0.25) is 4.79 Å². The maximum Gasteiger partial charge on any atom is 0.267 e. The molecule has 0 aliphatic carbocycles. The van der Waals surface area contributed by atoms with E-state index < -0.39 is 0 Å². The minimum Gasteiger partial charge on any atom is -0.496 e. The molecule has 1 aromatic carbocycles. The average molecular weight is 404 g/mol. The molecule has 0 radical (unpaired) electrons. The predicted octanol–water partition coefficient (Wildman–Crippen LogP) is 3.44. The van der Waals surface area contributed by atoms with Crippen LogP contribution in [-0.2, 0) is 0 Å². The Morgan fingerprint density at radius 1 is 1.10 bits per heavy atom.